The molecular weight excluding hydrogens is 274 g/mol. The number of nitrogens with one attached hydrogen (secondary N) is 1. The van der Waals surface area contributed by atoms with Crippen LogP contribution in [0.1, 0.15) is 10.4 Å². The Bertz CT molecular complexity index is 683. The number of hydrogen-bond acceptors (Lipinski definition) is 5. The fourth-order valence-corrected chi connectivity index (χ4v) is 1.82. The Balaban J connectivity index is 2.28. The molecule has 0 aliphatic carbocycles. The van der Waals surface area contributed by atoms with Crippen molar-refractivity contribution in [3.63, 3.8) is 0 Å². The normalized spacial score (nSPS) is 9.95. The summed E-state index contributed by atoms with van der Waals surface area (Å²) in [5, 5.41) is 13.6. The number of anilines is 2. The Morgan fingerprint density at radius 3 is 2.48 bits per heavy atom. The van der Waals surface area contributed by atoms with E-state index in [1.807, 2.05) is 0 Å². The predicted octanol–water partition coefficient (Wildman–Crippen LogP) is 2.44. The van der Waals surface area contributed by atoms with Gasteiger partial charge in [-0.05, 0) is 36.4 Å². The maximum atomic E-state index is 12.1. The van der Waals surface area contributed by atoms with Crippen molar-refractivity contribution in [1.29, 1.82) is 0 Å². The van der Waals surface area contributed by atoms with E-state index in [-0.39, 0.29) is 11.3 Å². The van der Waals surface area contributed by atoms with E-state index in [4.69, 9.17) is 10.5 Å². The van der Waals surface area contributed by atoms with Crippen LogP contribution in [0.5, 0.6) is 5.75 Å². The summed E-state index contributed by atoms with van der Waals surface area (Å²) in [6.45, 7) is 0. The van der Waals surface area contributed by atoms with Crippen LogP contribution in [0.15, 0.2) is 42.5 Å². The number of methoxy groups -OCH3 is 1. The number of nitro benzene ring substituents is 1. The zero-order valence-electron chi connectivity index (χ0n) is 11.2. The van der Waals surface area contributed by atoms with E-state index in [0.29, 0.717) is 11.4 Å². The Morgan fingerprint density at radius 1 is 1.24 bits per heavy atom. The first kappa shape index (κ1) is 14.3. The molecule has 7 nitrogen and oxygen atoms in total. The van der Waals surface area contributed by atoms with Crippen molar-refractivity contribution in [2.45, 2.75) is 0 Å². The van der Waals surface area contributed by atoms with Crippen molar-refractivity contribution in [3.05, 3.63) is 58.1 Å². The lowest BCUT2D eigenvalue weighted by Gasteiger charge is -2.07. The van der Waals surface area contributed by atoms with Crippen LogP contribution >= 0.6 is 0 Å². The van der Waals surface area contributed by atoms with Crippen molar-refractivity contribution >= 4 is 23.0 Å². The summed E-state index contributed by atoms with van der Waals surface area (Å²) < 4.78 is 5.01. The first-order chi connectivity index (χ1) is 10.0. The average molecular weight is 287 g/mol. The van der Waals surface area contributed by atoms with Gasteiger partial charge in [-0.25, -0.2) is 0 Å². The summed E-state index contributed by atoms with van der Waals surface area (Å²) in [7, 11) is 1.53. The van der Waals surface area contributed by atoms with Crippen LogP contribution in [0.4, 0.5) is 17.1 Å². The largest absolute Gasteiger partial charge is 0.497 e. The fourth-order valence-electron chi connectivity index (χ4n) is 1.82. The second-order valence-electron chi connectivity index (χ2n) is 4.18. The molecule has 0 atom stereocenters. The van der Waals surface area contributed by atoms with Crippen LogP contribution in [0, 0.1) is 10.1 Å². The summed E-state index contributed by atoms with van der Waals surface area (Å²) in [4.78, 5) is 22.5. The highest BCUT2D eigenvalue weighted by Crippen LogP contribution is 2.26. The molecule has 0 bridgehead atoms. The first-order valence-electron chi connectivity index (χ1n) is 6.01. The van der Waals surface area contributed by atoms with Crippen molar-refractivity contribution in [2.75, 3.05) is 18.2 Å². The summed E-state index contributed by atoms with van der Waals surface area (Å²) >= 11 is 0. The lowest BCUT2D eigenvalue weighted by Crippen LogP contribution is -2.14. The van der Waals surface area contributed by atoms with E-state index in [2.05, 4.69) is 5.32 Å². The summed E-state index contributed by atoms with van der Waals surface area (Å²) in [6, 6.07) is 10.8. The molecule has 7 heteroatoms. The lowest BCUT2D eigenvalue weighted by molar-refractivity contribution is -0.384. The Morgan fingerprint density at radius 2 is 1.90 bits per heavy atom. The molecule has 2 rings (SSSR count). The van der Waals surface area contributed by atoms with E-state index >= 15 is 0 Å². The molecule has 1 amide bonds. The molecule has 0 aromatic heterocycles. The van der Waals surface area contributed by atoms with Gasteiger partial charge in [0.1, 0.15) is 17.0 Å². The van der Waals surface area contributed by atoms with Crippen LogP contribution in [-0.2, 0) is 0 Å². The summed E-state index contributed by atoms with van der Waals surface area (Å²) in [5.74, 6) is 0.0436. The molecule has 0 heterocycles. The lowest BCUT2D eigenvalue weighted by atomic mass is 10.1. The topological polar surface area (TPSA) is 107 Å². The molecule has 0 saturated carbocycles. The highest BCUT2D eigenvalue weighted by molar-refractivity contribution is 6.08. The molecule has 0 spiro atoms. The molecule has 0 aliphatic heterocycles. The number of nitrogens with two attached hydrogens (primary N) is 1. The maximum Gasteiger partial charge on any atom is 0.304 e. The van der Waals surface area contributed by atoms with E-state index in [0.717, 1.165) is 0 Å². The Hall–Kier alpha value is -3.09. The number of rotatable bonds is 4. The third kappa shape index (κ3) is 3.08. The zero-order chi connectivity index (χ0) is 15.4. The predicted molar refractivity (Wildman–Crippen MR) is 78.5 cm³/mol. The molecule has 2 aromatic carbocycles. The zero-order valence-corrected chi connectivity index (χ0v) is 11.2. The second kappa shape index (κ2) is 5.91. The minimum Gasteiger partial charge on any atom is -0.497 e. The highest BCUT2D eigenvalue weighted by Gasteiger charge is 2.23. The van der Waals surface area contributed by atoms with Gasteiger partial charge >= 0.3 is 5.69 Å². The molecule has 0 radical (unpaired) electrons. The Kier molecular flexibility index (Phi) is 4.03. The van der Waals surface area contributed by atoms with E-state index in [9.17, 15) is 14.9 Å². The number of carbonyl (C=O) groups excluding carboxylic acids is 1. The maximum absolute atomic E-state index is 12.1. The molecule has 0 saturated heterocycles. The van der Waals surface area contributed by atoms with Crippen molar-refractivity contribution in [1.82, 2.24) is 0 Å². The van der Waals surface area contributed by atoms with E-state index in [1.165, 1.54) is 25.3 Å². The smallest absolute Gasteiger partial charge is 0.304 e. The van der Waals surface area contributed by atoms with Gasteiger partial charge in [-0.15, -0.1) is 0 Å². The van der Waals surface area contributed by atoms with Gasteiger partial charge in [0.2, 0.25) is 0 Å². The molecule has 108 valence electrons. The van der Waals surface area contributed by atoms with Gasteiger partial charge in [0, 0.05) is 5.69 Å². The number of para-hydroxylation sites is 1. The molecule has 21 heavy (non-hydrogen) atoms. The average Bonchev–Trinajstić information content (AvgIpc) is 2.47. The number of amides is 1. The summed E-state index contributed by atoms with van der Waals surface area (Å²) in [6.07, 6.45) is 0. The van der Waals surface area contributed by atoms with Gasteiger partial charge in [-0.2, -0.15) is 0 Å². The molecule has 3 N–H and O–H groups in total. The van der Waals surface area contributed by atoms with E-state index < -0.39 is 16.5 Å². The van der Waals surface area contributed by atoms with Gasteiger partial charge in [-0.3, -0.25) is 14.9 Å². The third-order valence-corrected chi connectivity index (χ3v) is 2.84. The van der Waals surface area contributed by atoms with Gasteiger partial charge < -0.3 is 15.8 Å². The number of nitrogen functional groups attached to an aromatic ring is 1. The molecular formula is C14H13N3O4. The van der Waals surface area contributed by atoms with Gasteiger partial charge in [0.25, 0.3) is 5.91 Å². The quantitative estimate of drug-likeness (QED) is 0.510. The van der Waals surface area contributed by atoms with Gasteiger partial charge in [0.05, 0.1) is 12.0 Å². The van der Waals surface area contributed by atoms with Crippen LogP contribution < -0.4 is 15.8 Å². The number of nitrogens with zero attached hydrogens (tertiary/aromatic N) is 1. The second-order valence-corrected chi connectivity index (χ2v) is 4.18. The van der Waals surface area contributed by atoms with Crippen molar-refractivity contribution in [3.8, 4) is 5.75 Å². The van der Waals surface area contributed by atoms with Crippen LogP contribution in [0.25, 0.3) is 0 Å². The number of hydrogen-bond donors (Lipinski definition) is 2. The Labute approximate surface area is 120 Å². The minimum absolute atomic E-state index is 0.0534. The van der Waals surface area contributed by atoms with Gasteiger partial charge in [0.15, 0.2) is 0 Å². The fraction of sp³-hybridized carbons (Fsp3) is 0.0714. The molecule has 0 unspecified atom stereocenters. The number of benzene rings is 2. The summed E-state index contributed by atoms with van der Waals surface area (Å²) in [5.41, 5.74) is 5.51. The van der Waals surface area contributed by atoms with Crippen LogP contribution in [0.3, 0.4) is 0 Å². The van der Waals surface area contributed by atoms with Crippen LogP contribution in [0.2, 0.25) is 0 Å². The number of nitro groups is 1. The minimum atomic E-state index is -0.668. The number of carbonyl (C=O) groups is 1. The number of ether oxygens (including phenoxy) is 1. The third-order valence-electron chi connectivity index (χ3n) is 2.84. The first-order valence-corrected chi connectivity index (χ1v) is 6.01. The molecule has 0 aliphatic rings. The highest BCUT2D eigenvalue weighted by atomic mass is 16.6. The standard InChI is InChI=1S/C14H13N3O4/c1-21-10-7-5-9(6-8-10)16-14(18)11-3-2-4-12(15)13(11)17(19)20/h2-8H,15H2,1H3,(H,16,18). The SMILES string of the molecule is COc1ccc(NC(=O)c2cccc(N)c2[N+](=O)[O-])cc1. The van der Waals surface area contributed by atoms with Crippen molar-refractivity contribution < 1.29 is 14.5 Å². The molecule has 0 fully saturated rings. The van der Waals surface area contributed by atoms with E-state index in [1.54, 1.807) is 24.3 Å². The molecule has 2 aromatic rings. The van der Waals surface area contributed by atoms with Crippen LogP contribution in [-0.4, -0.2) is 17.9 Å². The monoisotopic (exact) mass is 287 g/mol. The van der Waals surface area contributed by atoms with Gasteiger partial charge in [-0.1, -0.05) is 6.07 Å². The van der Waals surface area contributed by atoms with Crippen molar-refractivity contribution in [2.24, 2.45) is 0 Å².